The number of anilines is 2. The molecule has 1 N–H and O–H groups in total. The Bertz CT molecular complexity index is 808. The molecule has 30 heavy (non-hydrogen) atoms. The van der Waals surface area contributed by atoms with Gasteiger partial charge in [0.25, 0.3) is 5.91 Å². The molecule has 0 unspecified atom stereocenters. The zero-order valence-corrected chi connectivity index (χ0v) is 18.1. The fourth-order valence-electron chi connectivity index (χ4n) is 3.05. The van der Waals surface area contributed by atoms with E-state index in [1.807, 2.05) is 36.4 Å². The number of hydrogen-bond acceptors (Lipinski definition) is 5. The lowest BCUT2D eigenvalue weighted by atomic mass is 10.1. The number of hydrogen-bond donors (Lipinski definition) is 1. The van der Waals surface area contributed by atoms with Crippen LogP contribution in [-0.2, 0) is 20.9 Å². The van der Waals surface area contributed by atoms with E-state index in [4.69, 9.17) is 9.47 Å². The molecule has 0 fully saturated rings. The highest BCUT2D eigenvalue weighted by Gasteiger charge is 2.20. The summed E-state index contributed by atoms with van der Waals surface area (Å²) in [6.07, 6.45) is 4.66. The minimum absolute atomic E-state index is 0.0827. The fraction of sp³-hybridized carbons (Fsp3) is 0.417. The van der Waals surface area contributed by atoms with E-state index in [2.05, 4.69) is 12.2 Å². The third kappa shape index (κ3) is 7.19. The highest BCUT2D eigenvalue weighted by atomic mass is 16.5. The molecule has 1 amide bonds. The van der Waals surface area contributed by atoms with Gasteiger partial charge in [-0.3, -0.25) is 4.79 Å². The number of carbonyl (C=O) groups excluding carboxylic acids is 2. The summed E-state index contributed by atoms with van der Waals surface area (Å²) in [6, 6.07) is 15.0. The van der Waals surface area contributed by atoms with E-state index in [1.54, 1.807) is 19.2 Å². The number of methoxy groups -OCH3 is 1. The van der Waals surface area contributed by atoms with Gasteiger partial charge in [-0.25, -0.2) is 4.79 Å². The van der Waals surface area contributed by atoms with Crippen LogP contribution in [0.5, 0.6) is 0 Å². The minimum atomic E-state index is -0.482. The van der Waals surface area contributed by atoms with Crippen LogP contribution in [0.3, 0.4) is 0 Å². The monoisotopic (exact) mass is 412 g/mol. The van der Waals surface area contributed by atoms with Crippen molar-refractivity contribution in [2.45, 2.75) is 39.2 Å². The molecule has 6 nitrogen and oxygen atoms in total. The Balaban J connectivity index is 2.03. The normalized spacial score (nSPS) is 10.5. The van der Waals surface area contributed by atoms with Crippen LogP contribution in [0.2, 0.25) is 0 Å². The van der Waals surface area contributed by atoms with Gasteiger partial charge in [0.1, 0.15) is 6.61 Å². The highest BCUT2D eigenvalue weighted by Crippen LogP contribution is 2.25. The number of unbranched alkanes of at least 4 members (excludes halogenated alkanes) is 3. The maximum absolute atomic E-state index is 12.7. The van der Waals surface area contributed by atoms with Crippen molar-refractivity contribution in [2.75, 3.05) is 37.5 Å². The summed E-state index contributed by atoms with van der Waals surface area (Å²) >= 11 is 0. The number of nitrogens with zero attached hydrogens (tertiary/aromatic N) is 1. The number of nitrogens with one attached hydrogen (secondary N) is 1. The van der Waals surface area contributed by atoms with Crippen molar-refractivity contribution in [2.24, 2.45) is 0 Å². The number of carbonyl (C=O) groups is 2. The zero-order chi connectivity index (χ0) is 21.8. The molecular formula is C24H32N2O4. The first-order valence-corrected chi connectivity index (χ1v) is 10.4. The standard InChI is InChI=1S/C24H32N2O4/c1-4-5-6-10-15-25-20-13-14-21(24(28)29-3)22(16-20)26(2)23(27)18-30-17-19-11-8-7-9-12-19/h7-9,11-14,16,25H,4-6,10,15,17-18H2,1-3H3. The number of esters is 1. The van der Waals surface area contributed by atoms with Crippen molar-refractivity contribution in [1.29, 1.82) is 0 Å². The summed E-state index contributed by atoms with van der Waals surface area (Å²) in [5.41, 5.74) is 2.69. The second kappa shape index (κ2) is 12.6. The first-order valence-electron chi connectivity index (χ1n) is 10.4. The Morgan fingerprint density at radius 2 is 1.80 bits per heavy atom. The summed E-state index contributed by atoms with van der Waals surface area (Å²) in [5, 5.41) is 3.37. The molecule has 6 heteroatoms. The van der Waals surface area contributed by atoms with Crippen LogP contribution in [0.25, 0.3) is 0 Å². The SMILES string of the molecule is CCCCCCNc1ccc(C(=O)OC)c(N(C)C(=O)COCc2ccccc2)c1. The van der Waals surface area contributed by atoms with Gasteiger partial charge in [-0.05, 0) is 30.2 Å². The summed E-state index contributed by atoms with van der Waals surface area (Å²) in [5.74, 6) is -0.722. The average Bonchev–Trinajstić information content (AvgIpc) is 2.78. The number of likely N-dealkylation sites (N-methyl/N-ethyl adjacent to an activating group) is 1. The van der Waals surface area contributed by atoms with Crippen LogP contribution in [0.15, 0.2) is 48.5 Å². The minimum Gasteiger partial charge on any atom is -0.465 e. The molecule has 0 heterocycles. The Morgan fingerprint density at radius 1 is 1.03 bits per heavy atom. The van der Waals surface area contributed by atoms with Crippen molar-refractivity contribution < 1.29 is 19.1 Å². The summed E-state index contributed by atoms with van der Waals surface area (Å²) in [7, 11) is 2.97. The Morgan fingerprint density at radius 3 is 2.50 bits per heavy atom. The summed E-state index contributed by atoms with van der Waals surface area (Å²) in [6.45, 7) is 3.29. The molecule has 2 rings (SSSR count). The number of ether oxygens (including phenoxy) is 2. The van der Waals surface area contributed by atoms with Gasteiger partial charge >= 0.3 is 5.97 Å². The highest BCUT2D eigenvalue weighted by molar-refractivity contribution is 6.03. The summed E-state index contributed by atoms with van der Waals surface area (Å²) in [4.78, 5) is 26.3. The van der Waals surface area contributed by atoms with Crippen molar-refractivity contribution >= 4 is 23.3 Å². The van der Waals surface area contributed by atoms with Crippen LogP contribution < -0.4 is 10.2 Å². The van der Waals surface area contributed by atoms with Gasteiger partial charge in [0.05, 0.1) is 25.0 Å². The molecule has 162 valence electrons. The quantitative estimate of drug-likeness (QED) is 0.406. The number of benzene rings is 2. The molecule has 0 spiro atoms. The fourth-order valence-corrected chi connectivity index (χ4v) is 3.05. The molecule has 0 bridgehead atoms. The molecule has 0 aromatic heterocycles. The van der Waals surface area contributed by atoms with Crippen LogP contribution in [-0.4, -0.2) is 39.2 Å². The molecule has 0 saturated carbocycles. The Kier molecular flexibility index (Phi) is 9.87. The topological polar surface area (TPSA) is 67.9 Å². The van der Waals surface area contributed by atoms with Crippen LogP contribution >= 0.6 is 0 Å². The second-order valence-electron chi connectivity index (χ2n) is 7.14. The molecule has 0 saturated heterocycles. The molecule has 2 aromatic carbocycles. The van der Waals surface area contributed by atoms with Gasteiger partial charge in [-0.15, -0.1) is 0 Å². The van der Waals surface area contributed by atoms with Crippen molar-refractivity contribution in [1.82, 2.24) is 0 Å². The van der Waals surface area contributed by atoms with E-state index >= 15 is 0 Å². The lowest BCUT2D eigenvalue weighted by Crippen LogP contribution is -2.31. The van der Waals surface area contributed by atoms with Crippen molar-refractivity contribution in [3.8, 4) is 0 Å². The van der Waals surface area contributed by atoms with E-state index in [9.17, 15) is 9.59 Å². The zero-order valence-electron chi connectivity index (χ0n) is 18.1. The number of amides is 1. The van der Waals surface area contributed by atoms with Gasteiger partial charge in [0, 0.05) is 19.3 Å². The van der Waals surface area contributed by atoms with E-state index in [1.165, 1.54) is 31.3 Å². The van der Waals surface area contributed by atoms with Crippen LogP contribution in [0, 0.1) is 0 Å². The van der Waals surface area contributed by atoms with Gasteiger partial charge in [0.2, 0.25) is 0 Å². The molecule has 0 aliphatic carbocycles. The summed E-state index contributed by atoms with van der Waals surface area (Å²) < 4.78 is 10.4. The molecule has 2 aromatic rings. The van der Waals surface area contributed by atoms with E-state index in [-0.39, 0.29) is 12.5 Å². The molecule has 0 radical (unpaired) electrons. The van der Waals surface area contributed by atoms with Crippen LogP contribution in [0.1, 0.15) is 48.5 Å². The predicted molar refractivity (Wildman–Crippen MR) is 120 cm³/mol. The third-order valence-electron chi connectivity index (χ3n) is 4.84. The van der Waals surface area contributed by atoms with Crippen molar-refractivity contribution in [3.63, 3.8) is 0 Å². The first kappa shape index (κ1) is 23.4. The van der Waals surface area contributed by atoms with E-state index in [0.717, 1.165) is 24.2 Å². The van der Waals surface area contributed by atoms with E-state index < -0.39 is 5.97 Å². The molecule has 0 aliphatic heterocycles. The van der Waals surface area contributed by atoms with Gasteiger partial charge in [-0.1, -0.05) is 56.5 Å². The molecule has 0 aliphatic rings. The lowest BCUT2D eigenvalue weighted by molar-refractivity contribution is -0.123. The molecule has 0 atom stereocenters. The largest absolute Gasteiger partial charge is 0.465 e. The third-order valence-corrected chi connectivity index (χ3v) is 4.84. The smallest absolute Gasteiger partial charge is 0.339 e. The number of rotatable bonds is 12. The maximum Gasteiger partial charge on any atom is 0.339 e. The average molecular weight is 413 g/mol. The van der Waals surface area contributed by atoms with Gasteiger partial charge in [-0.2, -0.15) is 0 Å². The Hall–Kier alpha value is -2.86. The van der Waals surface area contributed by atoms with Crippen LogP contribution in [0.4, 0.5) is 11.4 Å². The Labute approximate surface area is 179 Å². The predicted octanol–water partition coefficient (Wildman–Crippen LogP) is 4.65. The van der Waals surface area contributed by atoms with Gasteiger partial charge < -0.3 is 19.7 Å². The van der Waals surface area contributed by atoms with E-state index in [0.29, 0.717) is 17.9 Å². The maximum atomic E-state index is 12.7. The second-order valence-corrected chi connectivity index (χ2v) is 7.14. The molecular weight excluding hydrogens is 380 g/mol. The van der Waals surface area contributed by atoms with Crippen molar-refractivity contribution in [3.05, 3.63) is 59.7 Å². The first-order chi connectivity index (χ1) is 14.6. The van der Waals surface area contributed by atoms with Gasteiger partial charge in [0.15, 0.2) is 0 Å². The lowest BCUT2D eigenvalue weighted by Gasteiger charge is -2.21.